The molecule has 0 aromatic heterocycles. The Morgan fingerprint density at radius 1 is 1.28 bits per heavy atom. The van der Waals surface area contributed by atoms with Gasteiger partial charge in [0.05, 0.1) is 5.54 Å². The van der Waals surface area contributed by atoms with E-state index in [0.717, 1.165) is 18.4 Å². The van der Waals surface area contributed by atoms with Crippen molar-refractivity contribution in [2.75, 3.05) is 6.54 Å². The summed E-state index contributed by atoms with van der Waals surface area (Å²) in [5.74, 6) is 5.17. The first kappa shape index (κ1) is 14.3. The van der Waals surface area contributed by atoms with Crippen LogP contribution >= 0.6 is 0 Å². The molecular formula is C15H20N2O. The molecule has 0 aliphatic heterocycles. The van der Waals surface area contributed by atoms with Crippen molar-refractivity contribution < 1.29 is 4.79 Å². The highest BCUT2D eigenvalue weighted by Crippen LogP contribution is 2.12. The van der Waals surface area contributed by atoms with E-state index in [9.17, 15) is 4.79 Å². The summed E-state index contributed by atoms with van der Waals surface area (Å²) in [5, 5.41) is 2.91. The Morgan fingerprint density at radius 3 is 2.39 bits per heavy atom. The van der Waals surface area contributed by atoms with E-state index in [2.05, 4.69) is 17.2 Å². The highest BCUT2D eigenvalue weighted by atomic mass is 16.1. The van der Waals surface area contributed by atoms with E-state index in [1.165, 1.54) is 0 Å². The normalized spacial score (nSPS) is 10.4. The van der Waals surface area contributed by atoms with Crippen molar-refractivity contribution in [1.29, 1.82) is 0 Å². The first-order valence-electron chi connectivity index (χ1n) is 6.25. The Hall–Kier alpha value is -1.79. The van der Waals surface area contributed by atoms with Crippen molar-refractivity contribution in [3.8, 4) is 11.8 Å². The van der Waals surface area contributed by atoms with Gasteiger partial charge in [-0.3, -0.25) is 4.79 Å². The SMILES string of the molecule is CCC(CC)(CN)NC(=O)C#Cc1ccccc1. The fourth-order valence-electron chi connectivity index (χ4n) is 1.69. The molecule has 0 unspecified atom stereocenters. The summed E-state index contributed by atoms with van der Waals surface area (Å²) in [5.41, 5.74) is 6.22. The summed E-state index contributed by atoms with van der Waals surface area (Å²) in [6, 6.07) is 9.44. The predicted octanol–water partition coefficient (Wildman–Crippen LogP) is 1.67. The molecule has 0 heterocycles. The highest BCUT2D eigenvalue weighted by Gasteiger charge is 2.25. The zero-order chi connectivity index (χ0) is 13.4. The molecule has 96 valence electrons. The van der Waals surface area contributed by atoms with Crippen LogP contribution in [-0.4, -0.2) is 18.0 Å². The summed E-state index contributed by atoms with van der Waals surface area (Å²) in [4.78, 5) is 11.8. The van der Waals surface area contributed by atoms with E-state index < -0.39 is 0 Å². The molecule has 0 aliphatic rings. The molecule has 1 aromatic rings. The Morgan fingerprint density at radius 2 is 1.89 bits per heavy atom. The lowest BCUT2D eigenvalue weighted by Gasteiger charge is -2.30. The van der Waals surface area contributed by atoms with Gasteiger partial charge in [0.2, 0.25) is 0 Å². The minimum absolute atomic E-state index is 0.270. The van der Waals surface area contributed by atoms with Crippen molar-refractivity contribution in [1.82, 2.24) is 5.32 Å². The third-order valence-corrected chi connectivity index (χ3v) is 3.22. The number of amides is 1. The lowest BCUT2D eigenvalue weighted by Crippen LogP contribution is -2.52. The molecule has 0 spiro atoms. The van der Waals surface area contributed by atoms with Gasteiger partial charge in [-0.1, -0.05) is 38.0 Å². The molecule has 3 heteroatoms. The Balaban J connectivity index is 2.70. The van der Waals surface area contributed by atoms with Crippen LogP contribution < -0.4 is 11.1 Å². The molecule has 0 saturated heterocycles. The molecule has 1 amide bonds. The molecule has 0 bridgehead atoms. The number of carbonyl (C=O) groups excluding carboxylic acids is 1. The molecule has 3 N–H and O–H groups in total. The molecule has 0 radical (unpaired) electrons. The van der Waals surface area contributed by atoms with Crippen LogP contribution in [0.2, 0.25) is 0 Å². The molecule has 1 aromatic carbocycles. The molecule has 3 nitrogen and oxygen atoms in total. The molecule has 0 atom stereocenters. The van der Waals surface area contributed by atoms with E-state index in [4.69, 9.17) is 5.73 Å². The summed E-state index contributed by atoms with van der Waals surface area (Å²) in [6.07, 6.45) is 1.61. The summed E-state index contributed by atoms with van der Waals surface area (Å²) in [6.45, 7) is 4.46. The van der Waals surface area contributed by atoms with Gasteiger partial charge in [-0.2, -0.15) is 0 Å². The van der Waals surface area contributed by atoms with Gasteiger partial charge in [-0.15, -0.1) is 0 Å². The summed E-state index contributed by atoms with van der Waals surface area (Å²) < 4.78 is 0. The molecular weight excluding hydrogens is 224 g/mol. The first-order valence-corrected chi connectivity index (χ1v) is 6.25. The van der Waals surface area contributed by atoms with Gasteiger partial charge in [0, 0.05) is 18.0 Å². The predicted molar refractivity (Wildman–Crippen MR) is 73.8 cm³/mol. The van der Waals surface area contributed by atoms with Crippen LogP contribution in [0.3, 0.4) is 0 Å². The van der Waals surface area contributed by atoms with Gasteiger partial charge in [-0.05, 0) is 25.0 Å². The van der Waals surface area contributed by atoms with Crippen LogP contribution in [0.1, 0.15) is 32.3 Å². The number of carbonyl (C=O) groups is 1. The van der Waals surface area contributed by atoms with Crippen LogP contribution in [0.25, 0.3) is 0 Å². The third kappa shape index (κ3) is 3.90. The standard InChI is InChI=1S/C15H20N2O/c1-3-15(4-2,12-16)17-14(18)11-10-13-8-6-5-7-9-13/h5-9H,3-4,12,16H2,1-2H3,(H,17,18). The molecule has 0 fully saturated rings. The minimum Gasteiger partial charge on any atom is -0.339 e. The average Bonchev–Trinajstić information content (AvgIpc) is 2.44. The fourth-order valence-corrected chi connectivity index (χ4v) is 1.69. The molecule has 0 aliphatic carbocycles. The maximum absolute atomic E-state index is 11.8. The number of nitrogens with two attached hydrogens (primary N) is 1. The number of benzene rings is 1. The molecule has 0 saturated carbocycles. The van der Waals surface area contributed by atoms with Gasteiger partial charge < -0.3 is 11.1 Å². The van der Waals surface area contributed by atoms with Crippen molar-refractivity contribution in [2.24, 2.45) is 5.73 Å². The van der Waals surface area contributed by atoms with E-state index >= 15 is 0 Å². The van der Waals surface area contributed by atoms with Crippen molar-refractivity contribution in [2.45, 2.75) is 32.2 Å². The number of rotatable bonds is 4. The summed E-state index contributed by atoms with van der Waals surface area (Å²) in [7, 11) is 0. The quantitative estimate of drug-likeness (QED) is 0.792. The van der Waals surface area contributed by atoms with Gasteiger partial charge in [0.1, 0.15) is 0 Å². The largest absolute Gasteiger partial charge is 0.339 e. The molecule has 18 heavy (non-hydrogen) atoms. The molecule has 1 rings (SSSR count). The van der Waals surface area contributed by atoms with Crippen LogP contribution in [0.4, 0.5) is 0 Å². The topological polar surface area (TPSA) is 55.1 Å². The maximum Gasteiger partial charge on any atom is 0.296 e. The van der Waals surface area contributed by atoms with Gasteiger partial charge >= 0.3 is 0 Å². The second-order valence-corrected chi connectivity index (χ2v) is 4.26. The Kier molecular flexibility index (Phi) is 5.41. The van der Waals surface area contributed by atoms with Crippen molar-refractivity contribution in [3.63, 3.8) is 0 Å². The van der Waals surface area contributed by atoms with Crippen LogP contribution in [0.5, 0.6) is 0 Å². The highest BCUT2D eigenvalue weighted by molar-refractivity contribution is 5.94. The van der Waals surface area contributed by atoms with Crippen LogP contribution in [0.15, 0.2) is 30.3 Å². The van der Waals surface area contributed by atoms with Crippen LogP contribution in [-0.2, 0) is 4.79 Å². The van der Waals surface area contributed by atoms with E-state index in [1.54, 1.807) is 0 Å². The van der Waals surface area contributed by atoms with E-state index in [-0.39, 0.29) is 11.4 Å². The fraction of sp³-hybridized carbons (Fsp3) is 0.400. The van der Waals surface area contributed by atoms with Gasteiger partial charge in [-0.25, -0.2) is 0 Å². The Labute approximate surface area is 109 Å². The second kappa shape index (κ2) is 6.83. The van der Waals surface area contributed by atoms with E-state index in [0.29, 0.717) is 6.54 Å². The second-order valence-electron chi connectivity index (χ2n) is 4.26. The third-order valence-electron chi connectivity index (χ3n) is 3.22. The Bertz CT molecular complexity index is 430. The lowest BCUT2D eigenvalue weighted by atomic mass is 9.93. The minimum atomic E-state index is -0.331. The maximum atomic E-state index is 11.8. The number of hydrogen-bond donors (Lipinski definition) is 2. The summed E-state index contributed by atoms with van der Waals surface area (Å²) >= 11 is 0. The zero-order valence-corrected chi connectivity index (χ0v) is 11.0. The zero-order valence-electron chi connectivity index (χ0n) is 11.0. The van der Waals surface area contributed by atoms with Crippen molar-refractivity contribution >= 4 is 5.91 Å². The van der Waals surface area contributed by atoms with Crippen LogP contribution in [0, 0.1) is 11.8 Å². The van der Waals surface area contributed by atoms with E-state index in [1.807, 2.05) is 44.2 Å². The number of hydrogen-bond acceptors (Lipinski definition) is 2. The lowest BCUT2D eigenvalue weighted by molar-refractivity contribution is -0.117. The first-order chi connectivity index (χ1) is 8.65. The smallest absolute Gasteiger partial charge is 0.296 e. The van der Waals surface area contributed by atoms with Crippen molar-refractivity contribution in [3.05, 3.63) is 35.9 Å². The van der Waals surface area contributed by atoms with Gasteiger partial charge in [0.25, 0.3) is 5.91 Å². The average molecular weight is 244 g/mol. The van der Waals surface area contributed by atoms with Gasteiger partial charge in [0.15, 0.2) is 0 Å². The monoisotopic (exact) mass is 244 g/mol. The number of nitrogens with one attached hydrogen (secondary N) is 1.